The van der Waals surface area contributed by atoms with Crippen molar-refractivity contribution in [2.45, 2.75) is 27.2 Å². The first-order valence-electron chi connectivity index (χ1n) is 5.76. The zero-order valence-electron chi connectivity index (χ0n) is 10.6. The lowest BCUT2D eigenvalue weighted by Crippen LogP contribution is -2.03. The monoisotopic (exact) mass is 265 g/mol. The second-order valence-electron chi connectivity index (χ2n) is 4.63. The molecule has 0 bridgehead atoms. The molecule has 0 spiro atoms. The number of thiazole rings is 1. The molecule has 0 fully saturated rings. The first-order chi connectivity index (χ1) is 8.49. The zero-order chi connectivity index (χ0) is 13.3. The van der Waals surface area contributed by atoms with Crippen LogP contribution in [0.4, 0.5) is 0 Å². The quantitative estimate of drug-likeness (QED) is 0.629. The number of aromatic nitrogens is 2. The highest BCUT2D eigenvalue weighted by atomic mass is 32.1. The SMILES string of the molecule is Cc1nc2sccn2c1C=C(CC(C)C)[N+](=O)[O-]. The van der Waals surface area contributed by atoms with Gasteiger partial charge in [0.2, 0.25) is 5.70 Å². The number of rotatable bonds is 4. The predicted octanol–water partition coefficient (Wildman–Crippen LogP) is 3.37. The summed E-state index contributed by atoms with van der Waals surface area (Å²) in [7, 11) is 0. The Morgan fingerprint density at radius 2 is 2.39 bits per heavy atom. The average molecular weight is 265 g/mol. The van der Waals surface area contributed by atoms with Crippen molar-refractivity contribution in [3.05, 3.63) is 38.8 Å². The van der Waals surface area contributed by atoms with E-state index in [2.05, 4.69) is 4.98 Å². The second kappa shape index (κ2) is 4.89. The maximum absolute atomic E-state index is 11.1. The maximum Gasteiger partial charge on any atom is 0.248 e. The van der Waals surface area contributed by atoms with E-state index in [-0.39, 0.29) is 16.5 Å². The van der Waals surface area contributed by atoms with Gasteiger partial charge in [-0.1, -0.05) is 13.8 Å². The van der Waals surface area contributed by atoms with Crippen molar-refractivity contribution in [3.8, 4) is 0 Å². The highest BCUT2D eigenvalue weighted by Crippen LogP contribution is 2.21. The van der Waals surface area contributed by atoms with Crippen molar-refractivity contribution in [3.63, 3.8) is 0 Å². The van der Waals surface area contributed by atoms with Crippen LogP contribution in [0.25, 0.3) is 11.0 Å². The van der Waals surface area contributed by atoms with Gasteiger partial charge >= 0.3 is 0 Å². The minimum atomic E-state index is -0.300. The van der Waals surface area contributed by atoms with Gasteiger partial charge in [0.15, 0.2) is 4.96 Å². The predicted molar refractivity (Wildman–Crippen MR) is 72.2 cm³/mol. The van der Waals surface area contributed by atoms with Gasteiger partial charge in [-0.2, -0.15) is 0 Å². The minimum Gasteiger partial charge on any atom is -0.290 e. The Morgan fingerprint density at radius 3 is 3.00 bits per heavy atom. The molecule has 0 aliphatic rings. The maximum atomic E-state index is 11.1. The topological polar surface area (TPSA) is 60.4 Å². The van der Waals surface area contributed by atoms with E-state index in [1.54, 1.807) is 6.08 Å². The summed E-state index contributed by atoms with van der Waals surface area (Å²) in [6.07, 6.45) is 3.99. The molecule has 2 aromatic heterocycles. The zero-order valence-corrected chi connectivity index (χ0v) is 11.4. The highest BCUT2D eigenvalue weighted by Gasteiger charge is 2.16. The molecule has 6 heteroatoms. The first-order valence-corrected chi connectivity index (χ1v) is 6.64. The van der Waals surface area contributed by atoms with Gasteiger partial charge < -0.3 is 0 Å². The lowest BCUT2D eigenvalue weighted by Gasteiger charge is -2.02. The third-order valence-electron chi connectivity index (χ3n) is 2.64. The average Bonchev–Trinajstić information content (AvgIpc) is 2.80. The van der Waals surface area contributed by atoms with Gasteiger partial charge in [0, 0.05) is 24.1 Å². The van der Waals surface area contributed by atoms with E-state index < -0.39 is 0 Å². The van der Waals surface area contributed by atoms with Gasteiger partial charge in [-0.05, 0) is 12.8 Å². The summed E-state index contributed by atoms with van der Waals surface area (Å²) in [5.41, 5.74) is 1.87. The Morgan fingerprint density at radius 1 is 1.67 bits per heavy atom. The molecule has 0 N–H and O–H groups in total. The van der Waals surface area contributed by atoms with Gasteiger partial charge in [-0.15, -0.1) is 11.3 Å². The van der Waals surface area contributed by atoms with Crippen LogP contribution in [0.3, 0.4) is 0 Å². The molecule has 0 amide bonds. The third-order valence-corrected chi connectivity index (χ3v) is 3.39. The molecule has 0 aromatic carbocycles. The van der Waals surface area contributed by atoms with Crippen LogP contribution in [0.1, 0.15) is 31.7 Å². The summed E-state index contributed by atoms with van der Waals surface area (Å²) in [4.78, 5) is 16.0. The fourth-order valence-corrected chi connectivity index (χ4v) is 2.61. The molecule has 0 radical (unpaired) electrons. The smallest absolute Gasteiger partial charge is 0.248 e. The molecule has 2 aromatic rings. The fourth-order valence-electron chi connectivity index (χ4n) is 1.85. The van der Waals surface area contributed by atoms with Gasteiger partial charge in [-0.3, -0.25) is 14.5 Å². The van der Waals surface area contributed by atoms with Crippen LogP contribution in [-0.4, -0.2) is 14.3 Å². The summed E-state index contributed by atoms with van der Waals surface area (Å²) in [5, 5.41) is 13.0. The number of nitrogens with zero attached hydrogens (tertiary/aromatic N) is 3. The molecule has 2 rings (SSSR count). The van der Waals surface area contributed by atoms with E-state index in [1.807, 2.05) is 36.7 Å². The molecule has 18 heavy (non-hydrogen) atoms. The molecule has 2 heterocycles. The lowest BCUT2D eigenvalue weighted by molar-refractivity contribution is -0.427. The van der Waals surface area contributed by atoms with Crippen LogP contribution in [-0.2, 0) is 0 Å². The Bertz CT molecular complexity index is 610. The number of fused-ring (bicyclic) bond motifs is 1. The van der Waals surface area contributed by atoms with Crippen molar-refractivity contribution in [2.24, 2.45) is 5.92 Å². The molecular formula is C12H15N3O2S. The van der Waals surface area contributed by atoms with Crippen molar-refractivity contribution in [2.75, 3.05) is 0 Å². The summed E-state index contributed by atoms with van der Waals surface area (Å²) < 4.78 is 1.89. The van der Waals surface area contributed by atoms with E-state index in [9.17, 15) is 10.1 Å². The first kappa shape index (κ1) is 12.8. The minimum absolute atomic E-state index is 0.237. The summed E-state index contributed by atoms with van der Waals surface area (Å²) in [5.74, 6) is 0.257. The van der Waals surface area contributed by atoms with E-state index in [0.717, 1.165) is 16.3 Å². The van der Waals surface area contributed by atoms with Gasteiger partial charge in [0.1, 0.15) is 0 Å². The van der Waals surface area contributed by atoms with Gasteiger partial charge in [-0.25, -0.2) is 4.98 Å². The molecule has 0 atom stereocenters. The molecule has 0 saturated carbocycles. The number of hydrogen-bond donors (Lipinski definition) is 0. The lowest BCUT2D eigenvalue weighted by atomic mass is 10.1. The molecule has 96 valence electrons. The van der Waals surface area contributed by atoms with Crippen LogP contribution in [0.2, 0.25) is 0 Å². The number of nitro groups is 1. The standard InChI is InChI=1S/C12H15N3O2S/c1-8(2)6-10(15(16)17)7-11-9(3)13-12-14(11)4-5-18-12/h4-5,7-8H,6H2,1-3H3. The van der Waals surface area contributed by atoms with Crippen LogP contribution in [0.15, 0.2) is 17.3 Å². The summed E-state index contributed by atoms with van der Waals surface area (Å²) in [6, 6.07) is 0. The second-order valence-corrected chi connectivity index (χ2v) is 5.50. The van der Waals surface area contributed by atoms with Crippen LogP contribution in [0, 0.1) is 23.0 Å². The van der Waals surface area contributed by atoms with E-state index >= 15 is 0 Å². The van der Waals surface area contributed by atoms with Gasteiger partial charge in [0.25, 0.3) is 0 Å². The molecule has 0 aliphatic carbocycles. The number of aryl methyl sites for hydroxylation is 1. The van der Waals surface area contributed by atoms with Crippen LogP contribution in [0.5, 0.6) is 0 Å². The van der Waals surface area contributed by atoms with Crippen molar-refractivity contribution >= 4 is 22.4 Å². The molecule has 0 aliphatic heterocycles. The van der Waals surface area contributed by atoms with Crippen molar-refractivity contribution in [1.29, 1.82) is 0 Å². The third kappa shape index (κ3) is 2.43. The molecule has 5 nitrogen and oxygen atoms in total. The Kier molecular flexibility index (Phi) is 3.47. The number of imidazole rings is 1. The highest BCUT2D eigenvalue weighted by molar-refractivity contribution is 7.15. The van der Waals surface area contributed by atoms with Crippen LogP contribution < -0.4 is 0 Å². The van der Waals surface area contributed by atoms with Crippen molar-refractivity contribution < 1.29 is 4.92 Å². The summed E-state index contributed by atoms with van der Waals surface area (Å²) >= 11 is 1.52. The number of hydrogen-bond acceptors (Lipinski definition) is 4. The number of allylic oxidation sites excluding steroid dienone is 1. The van der Waals surface area contributed by atoms with Gasteiger partial charge in [0.05, 0.1) is 16.3 Å². The van der Waals surface area contributed by atoms with Crippen molar-refractivity contribution in [1.82, 2.24) is 9.38 Å². The van der Waals surface area contributed by atoms with E-state index in [4.69, 9.17) is 0 Å². The van der Waals surface area contributed by atoms with Crippen LogP contribution >= 0.6 is 11.3 Å². The summed E-state index contributed by atoms with van der Waals surface area (Å²) in [6.45, 7) is 5.82. The van der Waals surface area contributed by atoms with E-state index in [1.165, 1.54) is 11.3 Å². The molecular weight excluding hydrogens is 250 g/mol. The Hall–Kier alpha value is -1.69. The fraction of sp³-hybridized carbons (Fsp3) is 0.417. The largest absolute Gasteiger partial charge is 0.290 e. The molecule has 0 unspecified atom stereocenters. The van der Waals surface area contributed by atoms with E-state index in [0.29, 0.717) is 6.42 Å². The Balaban J connectivity index is 2.48. The Labute approximate surface area is 109 Å². The normalized spacial score (nSPS) is 12.6. The molecule has 0 saturated heterocycles.